The molecule has 0 atom stereocenters. The minimum absolute atomic E-state index is 0.630. The molecule has 0 saturated carbocycles. The van der Waals surface area contributed by atoms with Crippen LogP contribution in [0.15, 0.2) is 6.07 Å². The van der Waals surface area contributed by atoms with E-state index in [1.165, 1.54) is 5.56 Å². The van der Waals surface area contributed by atoms with Crippen molar-refractivity contribution in [1.82, 2.24) is 15.5 Å². The van der Waals surface area contributed by atoms with Gasteiger partial charge >= 0.3 is 0 Å². The molecule has 0 aliphatic carbocycles. The van der Waals surface area contributed by atoms with Crippen LogP contribution in [0.3, 0.4) is 0 Å². The molecule has 1 aromatic rings. The first-order chi connectivity index (χ1) is 6.40. The molecule has 13 heavy (non-hydrogen) atoms. The Balaban J connectivity index is 2.24. The third-order valence-corrected chi connectivity index (χ3v) is 2.08. The molecular formula is C9H13N3O. The summed E-state index contributed by atoms with van der Waals surface area (Å²) in [5, 5.41) is 11.4. The summed E-state index contributed by atoms with van der Waals surface area (Å²) in [5.41, 5.74) is 2.31. The zero-order valence-corrected chi connectivity index (χ0v) is 7.71. The van der Waals surface area contributed by atoms with Crippen molar-refractivity contribution in [1.29, 1.82) is 0 Å². The third kappa shape index (κ3) is 1.78. The van der Waals surface area contributed by atoms with Gasteiger partial charge < -0.3 is 10.1 Å². The Labute approximate surface area is 77.3 Å². The third-order valence-electron chi connectivity index (χ3n) is 2.08. The molecular weight excluding hydrogens is 166 g/mol. The summed E-state index contributed by atoms with van der Waals surface area (Å²) in [6, 6.07) is 1.97. The van der Waals surface area contributed by atoms with E-state index in [4.69, 9.17) is 4.74 Å². The fourth-order valence-electron chi connectivity index (χ4n) is 1.45. The number of nitrogens with one attached hydrogen (secondary N) is 1. The molecule has 1 N–H and O–H groups in total. The lowest BCUT2D eigenvalue weighted by Crippen LogP contribution is -2.25. The highest BCUT2D eigenvalue weighted by atomic mass is 16.5. The van der Waals surface area contributed by atoms with E-state index in [1.807, 2.05) is 13.0 Å². The van der Waals surface area contributed by atoms with E-state index in [2.05, 4.69) is 15.5 Å². The van der Waals surface area contributed by atoms with Gasteiger partial charge in [-0.25, -0.2) is 0 Å². The summed E-state index contributed by atoms with van der Waals surface area (Å²) in [6.45, 7) is 4.46. The quantitative estimate of drug-likeness (QED) is 0.719. The van der Waals surface area contributed by atoms with E-state index in [0.29, 0.717) is 12.5 Å². The molecule has 2 heterocycles. The standard InChI is InChI=1S/C9H13N3O/c1-2-13-9-5-7-6-10-4-3-8(7)11-12-9/h5,10H,2-4,6H2,1H3. The zero-order chi connectivity index (χ0) is 9.10. The lowest BCUT2D eigenvalue weighted by molar-refractivity contribution is 0.321. The first-order valence-corrected chi connectivity index (χ1v) is 4.59. The molecule has 4 nitrogen and oxygen atoms in total. The number of rotatable bonds is 2. The van der Waals surface area contributed by atoms with Crippen molar-refractivity contribution in [3.05, 3.63) is 17.3 Å². The van der Waals surface area contributed by atoms with E-state index in [9.17, 15) is 0 Å². The molecule has 0 aromatic carbocycles. The second-order valence-corrected chi connectivity index (χ2v) is 3.01. The van der Waals surface area contributed by atoms with Crippen LogP contribution in [0.2, 0.25) is 0 Å². The van der Waals surface area contributed by atoms with Crippen LogP contribution in [-0.4, -0.2) is 23.3 Å². The van der Waals surface area contributed by atoms with Gasteiger partial charge in [0.15, 0.2) is 0 Å². The average molecular weight is 179 g/mol. The van der Waals surface area contributed by atoms with Gasteiger partial charge in [0.1, 0.15) is 0 Å². The van der Waals surface area contributed by atoms with E-state index < -0.39 is 0 Å². The number of hydrogen-bond donors (Lipinski definition) is 1. The molecule has 0 radical (unpaired) electrons. The van der Waals surface area contributed by atoms with Crippen molar-refractivity contribution in [2.24, 2.45) is 0 Å². The van der Waals surface area contributed by atoms with Gasteiger partial charge in [-0.3, -0.25) is 0 Å². The van der Waals surface area contributed by atoms with Crippen molar-refractivity contribution >= 4 is 0 Å². The Hall–Kier alpha value is -1.16. The van der Waals surface area contributed by atoms with Crippen molar-refractivity contribution in [3.8, 4) is 5.88 Å². The molecule has 0 unspecified atom stereocenters. The number of fused-ring (bicyclic) bond motifs is 1. The van der Waals surface area contributed by atoms with Crippen LogP contribution < -0.4 is 10.1 Å². The molecule has 0 fully saturated rings. The Morgan fingerprint density at radius 2 is 2.46 bits per heavy atom. The van der Waals surface area contributed by atoms with Crippen molar-refractivity contribution < 1.29 is 4.74 Å². The van der Waals surface area contributed by atoms with Crippen molar-refractivity contribution in [2.45, 2.75) is 19.9 Å². The fourth-order valence-corrected chi connectivity index (χ4v) is 1.45. The topological polar surface area (TPSA) is 47.0 Å². The van der Waals surface area contributed by atoms with Crippen LogP contribution in [-0.2, 0) is 13.0 Å². The normalized spacial score (nSPS) is 15.2. The largest absolute Gasteiger partial charge is 0.477 e. The van der Waals surface area contributed by atoms with Crippen LogP contribution >= 0.6 is 0 Å². The highest BCUT2D eigenvalue weighted by Gasteiger charge is 2.11. The SMILES string of the molecule is CCOc1cc2c(nn1)CCNC2. The molecule has 0 amide bonds. The summed E-state index contributed by atoms with van der Waals surface area (Å²) in [7, 11) is 0. The second kappa shape index (κ2) is 3.70. The van der Waals surface area contributed by atoms with Crippen LogP contribution in [0, 0.1) is 0 Å². The van der Waals surface area contributed by atoms with Crippen molar-refractivity contribution in [2.75, 3.05) is 13.2 Å². The second-order valence-electron chi connectivity index (χ2n) is 3.01. The minimum Gasteiger partial charge on any atom is -0.477 e. The summed E-state index contributed by atoms with van der Waals surface area (Å²) in [6.07, 6.45) is 0.967. The van der Waals surface area contributed by atoms with Crippen molar-refractivity contribution in [3.63, 3.8) is 0 Å². The smallest absolute Gasteiger partial charge is 0.233 e. The molecule has 4 heteroatoms. The van der Waals surface area contributed by atoms with Crippen LogP contribution in [0.25, 0.3) is 0 Å². The molecule has 0 bridgehead atoms. The highest BCUT2D eigenvalue weighted by Crippen LogP contribution is 2.14. The summed E-state index contributed by atoms with van der Waals surface area (Å²) < 4.78 is 5.27. The zero-order valence-electron chi connectivity index (χ0n) is 7.71. The Morgan fingerprint density at radius 3 is 3.31 bits per heavy atom. The first kappa shape index (κ1) is 8.44. The average Bonchev–Trinajstić information content (AvgIpc) is 2.18. The number of aromatic nitrogens is 2. The molecule has 0 saturated heterocycles. The maximum Gasteiger partial charge on any atom is 0.233 e. The summed E-state index contributed by atoms with van der Waals surface area (Å²) in [5.74, 6) is 0.630. The van der Waals surface area contributed by atoms with Gasteiger partial charge in [-0.15, -0.1) is 5.10 Å². The van der Waals surface area contributed by atoms with Crippen LogP contribution in [0.4, 0.5) is 0 Å². The molecule has 1 aliphatic rings. The maximum absolute atomic E-state index is 5.27. The van der Waals surface area contributed by atoms with Crippen LogP contribution in [0.5, 0.6) is 5.88 Å². The van der Waals surface area contributed by atoms with Gasteiger partial charge in [0.2, 0.25) is 5.88 Å². The number of hydrogen-bond acceptors (Lipinski definition) is 4. The minimum atomic E-state index is 0.630. The Kier molecular flexibility index (Phi) is 2.40. The molecule has 70 valence electrons. The number of ether oxygens (including phenoxy) is 1. The lowest BCUT2D eigenvalue weighted by atomic mass is 10.1. The molecule has 1 aromatic heterocycles. The lowest BCUT2D eigenvalue weighted by Gasteiger charge is -2.15. The fraction of sp³-hybridized carbons (Fsp3) is 0.556. The Bertz CT molecular complexity index is 301. The molecule has 0 spiro atoms. The van der Waals surface area contributed by atoms with Gasteiger partial charge in [0.25, 0.3) is 0 Å². The predicted molar refractivity (Wildman–Crippen MR) is 48.6 cm³/mol. The highest BCUT2D eigenvalue weighted by molar-refractivity contribution is 5.26. The predicted octanol–water partition coefficient (Wildman–Crippen LogP) is 0.521. The van der Waals surface area contributed by atoms with Gasteiger partial charge in [0.05, 0.1) is 12.3 Å². The van der Waals surface area contributed by atoms with Gasteiger partial charge in [-0.05, 0) is 12.5 Å². The molecule has 1 aliphatic heterocycles. The van der Waals surface area contributed by atoms with E-state index in [-0.39, 0.29) is 0 Å². The maximum atomic E-state index is 5.27. The molecule has 2 rings (SSSR count). The van der Waals surface area contributed by atoms with Crippen LogP contribution in [0.1, 0.15) is 18.2 Å². The Morgan fingerprint density at radius 1 is 1.54 bits per heavy atom. The summed E-state index contributed by atoms with van der Waals surface area (Å²) in [4.78, 5) is 0. The van der Waals surface area contributed by atoms with Gasteiger partial charge in [-0.2, -0.15) is 5.10 Å². The van der Waals surface area contributed by atoms with Gasteiger partial charge in [0, 0.05) is 25.6 Å². The van der Waals surface area contributed by atoms with Gasteiger partial charge in [-0.1, -0.05) is 0 Å². The summed E-state index contributed by atoms with van der Waals surface area (Å²) >= 11 is 0. The van der Waals surface area contributed by atoms with E-state index in [1.54, 1.807) is 0 Å². The van der Waals surface area contributed by atoms with E-state index in [0.717, 1.165) is 25.2 Å². The van der Waals surface area contributed by atoms with E-state index >= 15 is 0 Å². The first-order valence-electron chi connectivity index (χ1n) is 4.59. The monoisotopic (exact) mass is 179 g/mol. The number of nitrogens with zero attached hydrogens (tertiary/aromatic N) is 2.